The van der Waals surface area contributed by atoms with E-state index in [1.54, 1.807) is 0 Å². The van der Waals surface area contributed by atoms with Crippen molar-refractivity contribution in [3.63, 3.8) is 0 Å². The van der Waals surface area contributed by atoms with Gasteiger partial charge in [-0.15, -0.1) is 0 Å². The SMILES string of the molecule is COOCc1ccc(-n2cc(C#N)c(-c3ccccc3C)c2)cc1. The minimum Gasteiger partial charge on any atom is -0.322 e. The molecule has 0 fully saturated rings. The molecule has 0 radical (unpaired) electrons. The van der Waals surface area contributed by atoms with Crippen molar-refractivity contribution < 1.29 is 9.78 Å². The van der Waals surface area contributed by atoms with Crippen molar-refractivity contribution in [3.8, 4) is 22.9 Å². The number of nitrogens with zero attached hydrogens (tertiary/aromatic N) is 2. The molecule has 0 aliphatic rings. The standard InChI is InChI=1S/C20H18N2O2/c1-15-5-3-4-6-19(15)20-13-22(12-17(20)11-21)18-9-7-16(8-10-18)14-24-23-2/h3-10,12-13H,14H2,1-2H3. The van der Waals surface area contributed by atoms with Gasteiger partial charge in [0.15, 0.2) is 0 Å². The molecular weight excluding hydrogens is 300 g/mol. The predicted octanol–water partition coefficient (Wildman–Crippen LogP) is 4.40. The zero-order valence-corrected chi connectivity index (χ0v) is 13.7. The number of aryl methyl sites for hydroxylation is 1. The van der Waals surface area contributed by atoms with Crippen LogP contribution < -0.4 is 0 Å². The zero-order valence-electron chi connectivity index (χ0n) is 13.7. The van der Waals surface area contributed by atoms with Gasteiger partial charge in [-0.3, -0.25) is 0 Å². The summed E-state index contributed by atoms with van der Waals surface area (Å²) < 4.78 is 1.97. The maximum atomic E-state index is 9.48. The van der Waals surface area contributed by atoms with Gasteiger partial charge >= 0.3 is 0 Å². The first-order chi connectivity index (χ1) is 11.7. The summed E-state index contributed by atoms with van der Waals surface area (Å²) in [6, 6.07) is 18.3. The van der Waals surface area contributed by atoms with Gasteiger partial charge in [0.1, 0.15) is 12.7 Å². The summed E-state index contributed by atoms with van der Waals surface area (Å²) in [5.41, 5.74) is 5.86. The van der Waals surface area contributed by atoms with Crippen molar-refractivity contribution in [2.75, 3.05) is 7.11 Å². The highest BCUT2D eigenvalue weighted by atomic mass is 17.2. The van der Waals surface area contributed by atoms with Crippen molar-refractivity contribution in [2.24, 2.45) is 0 Å². The van der Waals surface area contributed by atoms with Crippen LogP contribution in [0.3, 0.4) is 0 Å². The number of benzene rings is 2. The van der Waals surface area contributed by atoms with Gasteiger partial charge < -0.3 is 4.57 Å². The maximum absolute atomic E-state index is 9.48. The molecule has 1 aromatic heterocycles. The van der Waals surface area contributed by atoms with E-state index in [0.717, 1.165) is 27.9 Å². The molecule has 0 aliphatic carbocycles. The molecule has 0 bridgehead atoms. The Morgan fingerprint density at radius 3 is 2.42 bits per heavy atom. The van der Waals surface area contributed by atoms with Crippen LogP contribution in [0.1, 0.15) is 16.7 Å². The highest BCUT2D eigenvalue weighted by molar-refractivity contribution is 5.73. The third kappa shape index (κ3) is 3.23. The van der Waals surface area contributed by atoms with Crippen LogP contribution in [-0.2, 0) is 16.4 Å². The molecule has 2 aromatic carbocycles. The van der Waals surface area contributed by atoms with Crippen LogP contribution >= 0.6 is 0 Å². The van der Waals surface area contributed by atoms with Crippen LogP contribution in [0.4, 0.5) is 0 Å². The summed E-state index contributed by atoms with van der Waals surface area (Å²) in [5, 5.41) is 9.48. The van der Waals surface area contributed by atoms with Crippen LogP contribution in [0.15, 0.2) is 60.9 Å². The Bertz CT molecular complexity index is 873. The van der Waals surface area contributed by atoms with Crippen LogP contribution in [0.25, 0.3) is 16.8 Å². The van der Waals surface area contributed by atoms with Gasteiger partial charge in [-0.2, -0.15) is 5.26 Å². The monoisotopic (exact) mass is 318 g/mol. The molecule has 0 saturated heterocycles. The molecule has 3 aromatic rings. The summed E-state index contributed by atoms with van der Waals surface area (Å²) >= 11 is 0. The lowest BCUT2D eigenvalue weighted by molar-refractivity contribution is -0.282. The summed E-state index contributed by atoms with van der Waals surface area (Å²) in [6.07, 6.45) is 3.87. The van der Waals surface area contributed by atoms with Gasteiger partial charge in [0.2, 0.25) is 0 Å². The Balaban J connectivity index is 1.96. The minimum absolute atomic E-state index is 0.403. The quantitative estimate of drug-likeness (QED) is 0.517. The van der Waals surface area contributed by atoms with Gasteiger partial charge in [-0.25, -0.2) is 9.78 Å². The third-order valence-corrected chi connectivity index (χ3v) is 3.96. The van der Waals surface area contributed by atoms with Crippen LogP contribution in [0.2, 0.25) is 0 Å². The summed E-state index contributed by atoms with van der Waals surface area (Å²) in [6.45, 7) is 2.46. The topological polar surface area (TPSA) is 47.2 Å². The largest absolute Gasteiger partial charge is 0.322 e. The summed E-state index contributed by atoms with van der Waals surface area (Å²) in [5.74, 6) is 0. The van der Waals surface area contributed by atoms with Crippen LogP contribution in [0, 0.1) is 18.3 Å². The normalized spacial score (nSPS) is 10.5. The van der Waals surface area contributed by atoms with E-state index in [2.05, 4.69) is 23.9 Å². The number of aromatic nitrogens is 1. The van der Waals surface area contributed by atoms with Crippen LogP contribution in [-0.4, -0.2) is 11.7 Å². The molecule has 0 amide bonds. The zero-order chi connectivity index (χ0) is 16.9. The van der Waals surface area contributed by atoms with E-state index in [0.29, 0.717) is 12.2 Å². The molecule has 0 N–H and O–H groups in total. The number of rotatable bonds is 5. The Hall–Kier alpha value is -2.87. The first-order valence-electron chi connectivity index (χ1n) is 7.66. The van der Waals surface area contributed by atoms with Crippen LogP contribution in [0.5, 0.6) is 0 Å². The van der Waals surface area contributed by atoms with Crippen molar-refractivity contribution >= 4 is 0 Å². The summed E-state index contributed by atoms with van der Waals surface area (Å²) in [7, 11) is 1.49. The third-order valence-electron chi connectivity index (χ3n) is 3.96. The van der Waals surface area contributed by atoms with Crippen molar-refractivity contribution in [3.05, 3.63) is 77.6 Å². The molecule has 1 heterocycles. The fourth-order valence-corrected chi connectivity index (χ4v) is 2.67. The Morgan fingerprint density at radius 2 is 1.75 bits per heavy atom. The van der Waals surface area contributed by atoms with E-state index in [-0.39, 0.29) is 0 Å². The van der Waals surface area contributed by atoms with Crippen molar-refractivity contribution in [2.45, 2.75) is 13.5 Å². The lowest BCUT2D eigenvalue weighted by atomic mass is 10.0. The molecule has 3 rings (SSSR count). The van der Waals surface area contributed by atoms with Gasteiger partial charge in [-0.05, 0) is 35.7 Å². The predicted molar refractivity (Wildman–Crippen MR) is 92.5 cm³/mol. The molecule has 0 unspecified atom stereocenters. The molecule has 0 aliphatic heterocycles. The van der Waals surface area contributed by atoms with Gasteiger partial charge in [0.05, 0.1) is 12.7 Å². The molecule has 0 saturated carbocycles. The molecule has 4 nitrogen and oxygen atoms in total. The first kappa shape index (κ1) is 16.0. The number of hydrogen-bond donors (Lipinski definition) is 0. The van der Waals surface area contributed by atoms with Crippen molar-refractivity contribution in [1.29, 1.82) is 5.26 Å². The van der Waals surface area contributed by atoms with E-state index < -0.39 is 0 Å². The molecule has 24 heavy (non-hydrogen) atoms. The minimum atomic E-state index is 0.403. The average Bonchev–Trinajstić information content (AvgIpc) is 3.05. The van der Waals surface area contributed by atoms with E-state index in [4.69, 9.17) is 4.89 Å². The van der Waals surface area contributed by atoms with Gasteiger partial charge in [0, 0.05) is 23.6 Å². The fourth-order valence-electron chi connectivity index (χ4n) is 2.67. The van der Waals surface area contributed by atoms with E-state index in [1.807, 2.05) is 59.4 Å². The van der Waals surface area contributed by atoms with Gasteiger partial charge in [-0.1, -0.05) is 36.4 Å². The molecule has 120 valence electrons. The molecule has 0 atom stereocenters. The van der Waals surface area contributed by atoms with Crippen molar-refractivity contribution in [1.82, 2.24) is 4.57 Å². The lowest BCUT2D eigenvalue weighted by Gasteiger charge is -2.05. The Morgan fingerprint density at radius 1 is 1.00 bits per heavy atom. The fraction of sp³-hybridized carbons (Fsp3) is 0.150. The number of hydrogen-bond acceptors (Lipinski definition) is 3. The molecular formula is C20H18N2O2. The summed E-state index contributed by atoms with van der Waals surface area (Å²) in [4.78, 5) is 9.54. The smallest absolute Gasteiger partial charge is 0.107 e. The Kier molecular flexibility index (Phi) is 4.76. The molecule has 0 spiro atoms. The highest BCUT2D eigenvalue weighted by Gasteiger charge is 2.11. The molecule has 4 heteroatoms. The van der Waals surface area contributed by atoms with Gasteiger partial charge in [0.25, 0.3) is 0 Å². The highest BCUT2D eigenvalue weighted by Crippen LogP contribution is 2.28. The second-order valence-corrected chi connectivity index (χ2v) is 5.51. The second-order valence-electron chi connectivity index (χ2n) is 5.51. The lowest BCUT2D eigenvalue weighted by Crippen LogP contribution is -1.93. The Labute approximate surface area is 141 Å². The average molecular weight is 318 g/mol. The van der Waals surface area contributed by atoms with E-state index in [9.17, 15) is 5.26 Å². The van der Waals surface area contributed by atoms with E-state index >= 15 is 0 Å². The van der Waals surface area contributed by atoms with E-state index in [1.165, 1.54) is 7.11 Å². The first-order valence-corrected chi connectivity index (χ1v) is 7.66. The number of nitriles is 1. The second kappa shape index (κ2) is 7.14. The maximum Gasteiger partial charge on any atom is 0.107 e.